The maximum absolute atomic E-state index is 11.4. The second-order valence-electron chi connectivity index (χ2n) is 4.94. The highest BCUT2D eigenvalue weighted by atomic mass is 16.6. The summed E-state index contributed by atoms with van der Waals surface area (Å²) in [4.78, 5) is 11.4. The Kier molecular flexibility index (Phi) is 5.18. The Morgan fingerprint density at radius 1 is 1.56 bits per heavy atom. The highest BCUT2D eigenvalue weighted by molar-refractivity contribution is 5.72. The third-order valence-corrected chi connectivity index (χ3v) is 2.08. The van der Waals surface area contributed by atoms with Gasteiger partial charge >= 0.3 is 5.97 Å². The fourth-order valence-electron chi connectivity index (χ4n) is 1.48. The lowest BCUT2D eigenvalue weighted by molar-refractivity contribution is -0.153. The summed E-state index contributed by atoms with van der Waals surface area (Å²) in [7, 11) is 0. The van der Waals surface area contributed by atoms with Crippen molar-refractivity contribution in [2.24, 2.45) is 0 Å². The Morgan fingerprint density at radius 3 is 2.88 bits per heavy atom. The highest BCUT2D eigenvalue weighted by Gasteiger charge is 2.17. The Bertz CT molecular complexity index is 220. The molecular formula is C11H22N2O3. The lowest BCUT2D eigenvalue weighted by Crippen LogP contribution is -2.48. The zero-order chi connectivity index (χ0) is 12.0. The van der Waals surface area contributed by atoms with Crippen LogP contribution in [0.4, 0.5) is 0 Å². The van der Waals surface area contributed by atoms with Gasteiger partial charge in [-0.3, -0.25) is 4.79 Å². The van der Waals surface area contributed by atoms with Gasteiger partial charge in [0.15, 0.2) is 0 Å². The standard InChI is InChI=1S/C11H22N2O3/c1-11(2,3)16-10(14)7-12-6-9-8-15-5-4-13-9/h9,12-13H,4-8H2,1-3H3. The van der Waals surface area contributed by atoms with Crippen LogP contribution < -0.4 is 10.6 Å². The van der Waals surface area contributed by atoms with E-state index in [2.05, 4.69) is 10.6 Å². The van der Waals surface area contributed by atoms with E-state index in [9.17, 15) is 4.79 Å². The Morgan fingerprint density at radius 2 is 2.31 bits per heavy atom. The van der Waals surface area contributed by atoms with Crippen LogP contribution in [0, 0.1) is 0 Å². The number of nitrogens with one attached hydrogen (secondary N) is 2. The third-order valence-electron chi connectivity index (χ3n) is 2.08. The molecule has 1 heterocycles. The molecule has 0 aromatic carbocycles. The summed E-state index contributed by atoms with van der Waals surface area (Å²) in [5.41, 5.74) is -0.412. The fraction of sp³-hybridized carbons (Fsp3) is 0.909. The molecule has 5 nitrogen and oxygen atoms in total. The number of rotatable bonds is 4. The summed E-state index contributed by atoms with van der Waals surface area (Å²) >= 11 is 0. The molecule has 0 aromatic heterocycles. The van der Waals surface area contributed by atoms with Crippen molar-refractivity contribution in [1.29, 1.82) is 0 Å². The quantitative estimate of drug-likeness (QED) is 0.661. The van der Waals surface area contributed by atoms with E-state index in [1.54, 1.807) is 0 Å². The van der Waals surface area contributed by atoms with Crippen molar-refractivity contribution in [2.75, 3.05) is 32.8 Å². The molecule has 1 aliphatic heterocycles. The summed E-state index contributed by atoms with van der Waals surface area (Å²) in [6, 6.07) is 0.288. The van der Waals surface area contributed by atoms with E-state index >= 15 is 0 Å². The number of carbonyl (C=O) groups excluding carboxylic acids is 1. The molecular weight excluding hydrogens is 208 g/mol. The smallest absolute Gasteiger partial charge is 0.320 e. The van der Waals surface area contributed by atoms with Gasteiger partial charge in [-0.25, -0.2) is 0 Å². The van der Waals surface area contributed by atoms with Crippen molar-refractivity contribution in [3.63, 3.8) is 0 Å². The van der Waals surface area contributed by atoms with Gasteiger partial charge in [0.25, 0.3) is 0 Å². The number of hydrogen-bond donors (Lipinski definition) is 2. The zero-order valence-corrected chi connectivity index (χ0v) is 10.3. The van der Waals surface area contributed by atoms with Gasteiger partial charge in [-0.05, 0) is 20.8 Å². The van der Waals surface area contributed by atoms with Crippen molar-refractivity contribution < 1.29 is 14.3 Å². The summed E-state index contributed by atoms with van der Waals surface area (Å²) in [5.74, 6) is -0.218. The molecule has 5 heteroatoms. The third kappa shape index (κ3) is 6.05. The molecule has 16 heavy (non-hydrogen) atoms. The molecule has 94 valence electrons. The molecule has 0 amide bonds. The van der Waals surface area contributed by atoms with Gasteiger partial charge in [0.2, 0.25) is 0 Å². The Balaban J connectivity index is 2.08. The number of carbonyl (C=O) groups is 1. The van der Waals surface area contributed by atoms with Crippen molar-refractivity contribution >= 4 is 5.97 Å². The molecule has 1 fully saturated rings. The predicted octanol–water partition coefficient (Wildman–Crippen LogP) is -0.0939. The summed E-state index contributed by atoms with van der Waals surface area (Å²) < 4.78 is 10.5. The van der Waals surface area contributed by atoms with Crippen LogP contribution >= 0.6 is 0 Å². The predicted molar refractivity (Wildman–Crippen MR) is 61.3 cm³/mol. The van der Waals surface area contributed by atoms with E-state index in [1.165, 1.54) is 0 Å². The van der Waals surface area contributed by atoms with E-state index < -0.39 is 5.60 Å². The second kappa shape index (κ2) is 6.18. The Hall–Kier alpha value is -0.650. The molecule has 1 atom stereocenters. The van der Waals surface area contributed by atoms with E-state index in [1.807, 2.05) is 20.8 Å². The van der Waals surface area contributed by atoms with Crippen LogP contribution in [0.3, 0.4) is 0 Å². The summed E-state index contributed by atoms with van der Waals surface area (Å²) in [6.45, 7) is 8.89. The molecule has 0 spiro atoms. The van der Waals surface area contributed by atoms with E-state index in [4.69, 9.17) is 9.47 Å². The minimum atomic E-state index is -0.412. The van der Waals surface area contributed by atoms with Crippen LogP contribution in [-0.4, -0.2) is 50.5 Å². The lowest BCUT2D eigenvalue weighted by atomic mass is 10.2. The minimum absolute atomic E-state index is 0.218. The molecule has 1 saturated heterocycles. The van der Waals surface area contributed by atoms with Gasteiger partial charge in [0, 0.05) is 19.1 Å². The normalized spacial score (nSPS) is 21.8. The van der Waals surface area contributed by atoms with Crippen molar-refractivity contribution in [3.05, 3.63) is 0 Å². The highest BCUT2D eigenvalue weighted by Crippen LogP contribution is 2.06. The molecule has 1 aliphatic rings. The van der Waals surface area contributed by atoms with Gasteiger partial charge in [0.1, 0.15) is 5.60 Å². The SMILES string of the molecule is CC(C)(C)OC(=O)CNCC1COCCN1. The first kappa shape index (κ1) is 13.4. The largest absolute Gasteiger partial charge is 0.459 e. The number of esters is 1. The van der Waals surface area contributed by atoms with Crippen LogP contribution in [0.25, 0.3) is 0 Å². The van der Waals surface area contributed by atoms with Crippen LogP contribution in [0.5, 0.6) is 0 Å². The van der Waals surface area contributed by atoms with Gasteiger partial charge < -0.3 is 20.1 Å². The average molecular weight is 230 g/mol. The van der Waals surface area contributed by atoms with E-state index in [0.29, 0.717) is 6.61 Å². The number of hydrogen-bond acceptors (Lipinski definition) is 5. The van der Waals surface area contributed by atoms with Crippen molar-refractivity contribution in [3.8, 4) is 0 Å². The molecule has 1 rings (SSSR count). The van der Waals surface area contributed by atoms with Gasteiger partial charge in [-0.2, -0.15) is 0 Å². The molecule has 0 bridgehead atoms. The van der Waals surface area contributed by atoms with Crippen LogP contribution in [-0.2, 0) is 14.3 Å². The monoisotopic (exact) mass is 230 g/mol. The summed E-state index contributed by atoms with van der Waals surface area (Å²) in [5, 5.41) is 6.36. The number of ether oxygens (including phenoxy) is 2. The Labute approximate surface area is 96.9 Å². The molecule has 2 N–H and O–H groups in total. The molecule has 1 unspecified atom stereocenters. The van der Waals surface area contributed by atoms with Gasteiger partial charge in [-0.1, -0.05) is 0 Å². The van der Waals surface area contributed by atoms with Crippen molar-refractivity contribution in [2.45, 2.75) is 32.4 Å². The molecule has 0 aliphatic carbocycles. The molecule has 0 radical (unpaired) electrons. The first-order chi connectivity index (χ1) is 7.47. The first-order valence-electron chi connectivity index (χ1n) is 5.71. The molecule has 0 saturated carbocycles. The van der Waals surface area contributed by atoms with Gasteiger partial charge in [-0.15, -0.1) is 0 Å². The van der Waals surface area contributed by atoms with E-state index in [-0.39, 0.29) is 18.6 Å². The molecule has 0 aromatic rings. The maximum Gasteiger partial charge on any atom is 0.320 e. The maximum atomic E-state index is 11.4. The van der Waals surface area contributed by atoms with E-state index in [0.717, 1.165) is 19.7 Å². The minimum Gasteiger partial charge on any atom is -0.459 e. The van der Waals surface area contributed by atoms with Crippen LogP contribution in [0.2, 0.25) is 0 Å². The topological polar surface area (TPSA) is 59.6 Å². The number of morpholine rings is 1. The van der Waals surface area contributed by atoms with Crippen LogP contribution in [0.1, 0.15) is 20.8 Å². The lowest BCUT2D eigenvalue weighted by Gasteiger charge is -2.24. The van der Waals surface area contributed by atoms with Crippen molar-refractivity contribution in [1.82, 2.24) is 10.6 Å². The summed E-state index contributed by atoms with van der Waals surface area (Å²) in [6.07, 6.45) is 0. The first-order valence-corrected chi connectivity index (χ1v) is 5.71. The zero-order valence-electron chi connectivity index (χ0n) is 10.3. The fourth-order valence-corrected chi connectivity index (χ4v) is 1.48. The van der Waals surface area contributed by atoms with Crippen LogP contribution in [0.15, 0.2) is 0 Å². The average Bonchev–Trinajstić information content (AvgIpc) is 2.16. The van der Waals surface area contributed by atoms with Gasteiger partial charge in [0.05, 0.1) is 19.8 Å². The second-order valence-corrected chi connectivity index (χ2v) is 4.94.